The lowest BCUT2D eigenvalue weighted by atomic mass is 9.98. The summed E-state index contributed by atoms with van der Waals surface area (Å²) in [5.74, 6) is -0.0364. The third-order valence-corrected chi connectivity index (χ3v) is 4.16. The van der Waals surface area contributed by atoms with Crippen molar-refractivity contribution in [3.8, 4) is 0 Å². The molecule has 0 saturated heterocycles. The fourth-order valence-electron chi connectivity index (χ4n) is 3.05. The van der Waals surface area contributed by atoms with Gasteiger partial charge in [-0.1, -0.05) is 12.8 Å². The monoisotopic (exact) mass is 273 g/mol. The summed E-state index contributed by atoms with van der Waals surface area (Å²) in [7, 11) is 0. The zero-order valence-electron chi connectivity index (χ0n) is 11.4. The van der Waals surface area contributed by atoms with E-state index in [-0.39, 0.29) is 12.5 Å². The second-order valence-corrected chi connectivity index (χ2v) is 5.58. The molecule has 0 radical (unpaired) electrons. The van der Waals surface area contributed by atoms with Crippen LogP contribution in [0, 0.1) is 0 Å². The molecule has 5 heteroatoms. The van der Waals surface area contributed by atoms with Crippen LogP contribution in [0.15, 0.2) is 24.5 Å². The second kappa shape index (κ2) is 5.25. The highest BCUT2D eigenvalue weighted by Gasteiger charge is 2.34. The molecule has 2 aromatic rings. The first kappa shape index (κ1) is 13.1. The molecule has 20 heavy (non-hydrogen) atoms. The van der Waals surface area contributed by atoms with E-state index >= 15 is 0 Å². The average molecular weight is 273 g/mol. The van der Waals surface area contributed by atoms with Crippen LogP contribution in [0.5, 0.6) is 0 Å². The summed E-state index contributed by atoms with van der Waals surface area (Å²) in [6.45, 7) is 0.0220. The summed E-state index contributed by atoms with van der Waals surface area (Å²) in [6, 6.07) is 3.82. The minimum atomic E-state index is -0.401. The molecule has 1 saturated carbocycles. The molecule has 106 valence electrons. The number of hydrogen-bond acceptors (Lipinski definition) is 3. The Balaban J connectivity index is 1.73. The number of pyridine rings is 1. The summed E-state index contributed by atoms with van der Waals surface area (Å²) in [6.07, 6.45) is 7.73. The van der Waals surface area contributed by atoms with E-state index in [0.29, 0.717) is 6.42 Å². The molecule has 0 bridgehead atoms. The Morgan fingerprint density at radius 3 is 3.00 bits per heavy atom. The predicted molar refractivity (Wildman–Crippen MR) is 76.2 cm³/mol. The Kier molecular flexibility index (Phi) is 3.44. The van der Waals surface area contributed by atoms with Gasteiger partial charge in [-0.05, 0) is 30.5 Å². The summed E-state index contributed by atoms with van der Waals surface area (Å²) in [5.41, 5.74) is 1.34. The maximum absolute atomic E-state index is 12.2. The first-order valence-electron chi connectivity index (χ1n) is 7.05. The molecular formula is C15H19N3O2. The van der Waals surface area contributed by atoms with Crippen LogP contribution in [0.2, 0.25) is 0 Å². The molecule has 2 heterocycles. The smallest absolute Gasteiger partial charge is 0.225 e. The van der Waals surface area contributed by atoms with Crippen LogP contribution >= 0.6 is 0 Å². The number of carbonyl (C=O) groups excluding carboxylic acids is 1. The van der Waals surface area contributed by atoms with Crippen molar-refractivity contribution in [3.63, 3.8) is 0 Å². The minimum absolute atomic E-state index is 0.0220. The first-order chi connectivity index (χ1) is 9.72. The van der Waals surface area contributed by atoms with Gasteiger partial charge in [0.15, 0.2) is 0 Å². The fourth-order valence-corrected chi connectivity index (χ4v) is 3.05. The van der Waals surface area contributed by atoms with Gasteiger partial charge >= 0.3 is 0 Å². The molecule has 0 aromatic carbocycles. The van der Waals surface area contributed by atoms with E-state index in [2.05, 4.69) is 15.3 Å². The zero-order chi connectivity index (χ0) is 14.0. The van der Waals surface area contributed by atoms with Crippen molar-refractivity contribution in [3.05, 3.63) is 30.1 Å². The van der Waals surface area contributed by atoms with E-state index in [9.17, 15) is 9.90 Å². The molecule has 3 N–H and O–H groups in total. The van der Waals surface area contributed by atoms with Crippen molar-refractivity contribution < 1.29 is 9.90 Å². The standard InChI is InChI=1S/C15H19N3O2/c19-10-15(5-1-2-6-15)18-13(20)8-11-9-17-14-12(11)4-3-7-16-14/h3-4,7,9,19H,1-2,5-6,8,10H2,(H,16,17)(H,18,20). The predicted octanol–water partition coefficient (Wildman–Crippen LogP) is 1.53. The van der Waals surface area contributed by atoms with Crippen molar-refractivity contribution >= 4 is 16.9 Å². The number of nitrogens with zero attached hydrogens (tertiary/aromatic N) is 1. The third-order valence-electron chi connectivity index (χ3n) is 4.16. The van der Waals surface area contributed by atoms with E-state index in [0.717, 1.165) is 42.3 Å². The fraction of sp³-hybridized carbons (Fsp3) is 0.467. The van der Waals surface area contributed by atoms with Crippen molar-refractivity contribution in [2.24, 2.45) is 0 Å². The Morgan fingerprint density at radius 1 is 1.45 bits per heavy atom. The zero-order valence-corrected chi connectivity index (χ0v) is 11.4. The van der Waals surface area contributed by atoms with Crippen LogP contribution in [0.3, 0.4) is 0 Å². The number of H-pyrrole nitrogens is 1. The summed E-state index contributed by atoms with van der Waals surface area (Å²) >= 11 is 0. The van der Waals surface area contributed by atoms with Gasteiger partial charge in [-0.3, -0.25) is 4.79 Å². The molecule has 0 atom stereocenters. The molecule has 2 aromatic heterocycles. The molecule has 3 rings (SSSR count). The lowest BCUT2D eigenvalue weighted by molar-refractivity contribution is -0.122. The summed E-state index contributed by atoms with van der Waals surface area (Å²) in [4.78, 5) is 19.5. The van der Waals surface area contributed by atoms with Crippen LogP contribution in [0.1, 0.15) is 31.2 Å². The van der Waals surface area contributed by atoms with Gasteiger partial charge < -0.3 is 15.4 Å². The van der Waals surface area contributed by atoms with Crippen molar-refractivity contribution in [2.45, 2.75) is 37.6 Å². The quantitative estimate of drug-likeness (QED) is 0.790. The number of aromatic amines is 1. The molecular weight excluding hydrogens is 254 g/mol. The number of aromatic nitrogens is 2. The lowest BCUT2D eigenvalue weighted by Crippen LogP contribution is -2.49. The third kappa shape index (κ3) is 2.41. The highest BCUT2D eigenvalue weighted by Crippen LogP contribution is 2.29. The lowest BCUT2D eigenvalue weighted by Gasteiger charge is -2.27. The van der Waals surface area contributed by atoms with Gasteiger partial charge in [0.2, 0.25) is 5.91 Å². The van der Waals surface area contributed by atoms with Crippen LogP contribution in [0.4, 0.5) is 0 Å². The Morgan fingerprint density at radius 2 is 2.25 bits per heavy atom. The normalized spacial score (nSPS) is 17.4. The number of rotatable bonds is 4. The second-order valence-electron chi connectivity index (χ2n) is 5.58. The SMILES string of the molecule is O=C(Cc1c[nH]c2ncccc12)NC1(CO)CCCC1. The molecule has 0 unspecified atom stereocenters. The van der Waals surface area contributed by atoms with Crippen LogP contribution < -0.4 is 5.32 Å². The molecule has 0 aliphatic heterocycles. The molecule has 1 amide bonds. The molecule has 0 spiro atoms. The maximum Gasteiger partial charge on any atom is 0.225 e. The Labute approximate surface area is 117 Å². The minimum Gasteiger partial charge on any atom is -0.394 e. The molecule has 1 aliphatic rings. The maximum atomic E-state index is 12.2. The van der Waals surface area contributed by atoms with Crippen molar-refractivity contribution in [2.75, 3.05) is 6.61 Å². The summed E-state index contributed by atoms with van der Waals surface area (Å²) in [5, 5.41) is 13.5. The number of fused-ring (bicyclic) bond motifs is 1. The average Bonchev–Trinajstić information content (AvgIpc) is 3.07. The number of carbonyl (C=O) groups is 1. The summed E-state index contributed by atoms with van der Waals surface area (Å²) < 4.78 is 0. The topological polar surface area (TPSA) is 78.0 Å². The van der Waals surface area contributed by atoms with Gasteiger partial charge in [-0.25, -0.2) is 4.98 Å². The number of hydrogen-bond donors (Lipinski definition) is 3. The number of aliphatic hydroxyl groups excluding tert-OH is 1. The van der Waals surface area contributed by atoms with Crippen molar-refractivity contribution in [1.82, 2.24) is 15.3 Å². The van der Waals surface area contributed by atoms with Gasteiger partial charge in [0.25, 0.3) is 0 Å². The number of amides is 1. The molecule has 5 nitrogen and oxygen atoms in total. The highest BCUT2D eigenvalue weighted by molar-refractivity contribution is 5.87. The van der Waals surface area contributed by atoms with Gasteiger partial charge in [-0.15, -0.1) is 0 Å². The van der Waals surface area contributed by atoms with E-state index in [1.807, 2.05) is 18.3 Å². The van der Waals surface area contributed by atoms with Crippen molar-refractivity contribution in [1.29, 1.82) is 0 Å². The van der Waals surface area contributed by atoms with E-state index in [4.69, 9.17) is 0 Å². The largest absolute Gasteiger partial charge is 0.394 e. The van der Waals surface area contributed by atoms with Gasteiger partial charge in [0, 0.05) is 17.8 Å². The molecule has 1 fully saturated rings. The Hall–Kier alpha value is -1.88. The van der Waals surface area contributed by atoms with Gasteiger partial charge in [0.1, 0.15) is 5.65 Å². The highest BCUT2D eigenvalue weighted by atomic mass is 16.3. The van der Waals surface area contributed by atoms with Crippen LogP contribution in [-0.4, -0.2) is 33.1 Å². The van der Waals surface area contributed by atoms with Gasteiger partial charge in [-0.2, -0.15) is 0 Å². The van der Waals surface area contributed by atoms with E-state index in [1.165, 1.54) is 0 Å². The van der Waals surface area contributed by atoms with E-state index < -0.39 is 5.54 Å². The molecule has 1 aliphatic carbocycles. The van der Waals surface area contributed by atoms with E-state index in [1.54, 1.807) is 6.20 Å². The van der Waals surface area contributed by atoms with Crippen LogP contribution in [-0.2, 0) is 11.2 Å². The van der Waals surface area contributed by atoms with Crippen LogP contribution in [0.25, 0.3) is 11.0 Å². The number of nitrogens with one attached hydrogen (secondary N) is 2. The number of aliphatic hydroxyl groups is 1. The Bertz CT molecular complexity index is 614. The first-order valence-corrected chi connectivity index (χ1v) is 7.05. The van der Waals surface area contributed by atoms with Gasteiger partial charge in [0.05, 0.1) is 18.6 Å².